The molecule has 2 aliphatic heterocycles. The van der Waals surface area contributed by atoms with E-state index in [4.69, 9.17) is 0 Å². The first kappa shape index (κ1) is 11.3. The van der Waals surface area contributed by atoms with Crippen LogP contribution in [0.25, 0.3) is 0 Å². The molecular formula is C9H19N3O2S. The highest BCUT2D eigenvalue weighted by atomic mass is 32.2. The summed E-state index contributed by atoms with van der Waals surface area (Å²) in [5, 5.41) is 3.22. The molecule has 0 saturated carbocycles. The molecule has 0 atom stereocenters. The van der Waals surface area contributed by atoms with Crippen LogP contribution in [-0.4, -0.2) is 56.3 Å². The van der Waals surface area contributed by atoms with Gasteiger partial charge in [-0.3, -0.25) is 0 Å². The SMILES string of the molecule is O=S(=O)(N1CCCC1)N1CCCNCC1. The summed E-state index contributed by atoms with van der Waals surface area (Å²) in [5.41, 5.74) is 0. The second-order valence-corrected chi connectivity index (χ2v) is 6.04. The molecule has 6 heteroatoms. The Labute approximate surface area is 91.6 Å². The van der Waals surface area contributed by atoms with Crippen molar-refractivity contribution < 1.29 is 8.42 Å². The zero-order chi connectivity index (χ0) is 10.7. The first-order valence-electron chi connectivity index (χ1n) is 5.67. The molecule has 0 spiro atoms. The van der Waals surface area contributed by atoms with Crippen molar-refractivity contribution in [1.29, 1.82) is 0 Å². The Hall–Kier alpha value is -0.170. The largest absolute Gasteiger partial charge is 0.315 e. The number of nitrogens with zero attached hydrogens (tertiary/aromatic N) is 2. The van der Waals surface area contributed by atoms with E-state index in [9.17, 15) is 8.42 Å². The molecule has 0 aromatic rings. The van der Waals surface area contributed by atoms with Gasteiger partial charge in [-0.1, -0.05) is 0 Å². The van der Waals surface area contributed by atoms with E-state index in [1.807, 2.05) is 0 Å². The van der Waals surface area contributed by atoms with Crippen molar-refractivity contribution in [1.82, 2.24) is 13.9 Å². The minimum atomic E-state index is -3.16. The highest BCUT2D eigenvalue weighted by Gasteiger charge is 2.31. The van der Waals surface area contributed by atoms with Crippen LogP contribution in [0.1, 0.15) is 19.3 Å². The minimum absolute atomic E-state index is 0.610. The molecule has 2 rings (SSSR count). The van der Waals surface area contributed by atoms with Crippen molar-refractivity contribution in [2.45, 2.75) is 19.3 Å². The van der Waals surface area contributed by atoms with Crippen LogP contribution in [0.3, 0.4) is 0 Å². The van der Waals surface area contributed by atoms with Crippen LogP contribution in [0.5, 0.6) is 0 Å². The zero-order valence-corrected chi connectivity index (χ0v) is 9.80. The van der Waals surface area contributed by atoms with Crippen LogP contribution in [-0.2, 0) is 10.2 Å². The maximum absolute atomic E-state index is 12.2. The van der Waals surface area contributed by atoms with Gasteiger partial charge in [0.2, 0.25) is 0 Å². The van der Waals surface area contributed by atoms with Gasteiger partial charge >= 0.3 is 0 Å². The maximum Gasteiger partial charge on any atom is 0.282 e. The average molecular weight is 233 g/mol. The topological polar surface area (TPSA) is 52.7 Å². The lowest BCUT2D eigenvalue weighted by Gasteiger charge is -2.25. The molecule has 2 saturated heterocycles. The van der Waals surface area contributed by atoms with Crippen LogP contribution in [0.2, 0.25) is 0 Å². The number of nitrogens with one attached hydrogen (secondary N) is 1. The zero-order valence-electron chi connectivity index (χ0n) is 8.98. The summed E-state index contributed by atoms with van der Waals surface area (Å²) >= 11 is 0. The third kappa shape index (κ3) is 2.50. The van der Waals surface area contributed by atoms with Crippen LogP contribution in [0, 0.1) is 0 Å². The Morgan fingerprint density at radius 3 is 2.13 bits per heavy atom. The molecule has 5 nitrogen and oxygen atoms in total. The quantitative estimate of drug-likeness (QED) is 0.707. The predicted molar refractivity (Wildman–Crippen MR) is 58.8 cm³/mol. The van der Waals surface area contributed by atoms with E-state index in [1.54, 1.807) is 8.61 Å². The monoisotopic (exact) mass is 233 g/mol. The van der Waals surface area contributed by atoms with Gasteiger partial charge in [-0.15, -0.1) is 0 Å². The fourth-order valence-corrected chi connectivity index (χ4v) is 3.86. The predicted octanol–water partition coefficient (Wildman–Crippen LogP) is -0.378. The molecule has 0 radical (unpaired) electrons. The summed E-state index contributed by atoms with van der Waals surface area (Å²) in [6, 6.07) is 0. The van der Waals surface area contributed by atoms with Crippen molar-refractivity contribution in [3.8, 4) is 0 Å². The summed E-state index contributed by atoms with van der Waals surface area (Å²) in [6.07, 6.45) is 2.92. The Morgan fingerprint density at radius 2 is 1.40 bits per heavy atom. The first-order valence-corrected chi connectivity index (χ1v) is 7.07. The number of rotatable bonds is 2. The molecule has 2 aliphatic rings. The summed E-state index contributed by atoms with van der Waals surface area (Å²) < 4.78 is 27.6. The molecule has 15 heavy (non-hydrogen) atoms. The van der Waals surface area contributed by atoms with Crippen LogP contribution < -0.4 is 5.32 Å². The van der Waals surface area contributed by atoms with Gasteiger partial charge in [0.15, 0.2) is 0 Å². The molecule has 0 amide bonds. The smallest absolute Gasteiger partial charge is 0.282 e. The van der Waals surface area contributed by atoms with Crippen molar-refractivity contribution in [3.05, 3.63) is 0 Å². The summed E-state index contributed by atoms with van der Waals surface area (Å²) in [5.74, 6) is 0. The van der Waals surface area contributed by atoms with Crippen LogP contribution in [0.15, 0.2) is 0 Å². The van der Waals surface area contributed by atoms with Gasteiger partial charge in [-0.25, -0.2) is 0 Å². The molecule has 2 heterocycles. The highest BCUT2D eigenvalue weighted by Crippen LogP contribution is 2.16. The van der Waals surface area contributed by atoms with E-state index in [-0.39, 0.29) is 0 Å². The summed E-state index contributed by atoms with van der Waals surface area (Å²) in [7, 11) is -3.16. The standard InChI is InChI=1S/C9H19N3O2S/c13-15(14,11-6-1-2-7-11)12-8-3-4-10-5-9-12/h10H,1-9H2. The first-order chi connectivity index (χ1) is 7.21. The molecular weight excluding hydrogens is 214 g/mol. The molecule has 0 bridgehead atoms. The molecule has 0 aromatic carbocycles. The van der Waals surface area contributed by atoms with E-state index in [1.165, 1.54) is 0 Å². The van der Waals surface area contributed by atoms with Gasteiger partial charge in [-0.05, 0) is 25.8 Å². The average Bonchev–Trinajstić information content (AvgIpc) is 2.61. The highest BCUT2D eigenvalue weighted by molar-refractivity contribution is 7.86. The lowest BCUT2D eigenvalue weighted by Crippen LogP contribution is -2.43. The fraction of sp³-hybridized carbons (Fsp3) is 1.00. The van der Waals surface area contributed by atoms with Crippen LogP contribution >= 0.6 is 0 Å². The fourth-order valence-electron chi connectivity index (χ4n) is 2.13. The van der Waals surface area contributed by atoms with E-state index in [0.29, 0.717) is 26.2 Å². The van der Waals surface area contributed by atoms with Crippen molar-refractivity contribution in [2.75, 3.05) is 39.3 Å². The van der Waals surface area contributed by atoms with E-state index in [0.717, 1.165) is 32.4 Å². The van der Waals surface area contributed by atoms with E-state index < -0.39 is 10.2 Å². The minimum Gasteiger partial charge on any atom is -0.315 e. The Balaban J connectivity index is 2.05. The van der Waals surface area contributed by atoms with E-state index >= 15 is 0 Å². The molecule has 0 aromatic heterocycles. The third-order valence-electron chi connectivity index (χ3n) is 3.02. The van der Waals surface area contributed by atoms with Crippen molar-refractivity contribution in [3.63, 3.8) is 0 Å². The molecule has 0 aliphatic carbocycles. The second kappa shape index (κ2) is 4.78. The van der Waals surface area contributed by atoms with E-state index in [2.05, 4.69) is 5.32 Å². The van der Waals surface area contributed by atoms with Gasteiger partial charge in [0.25, 0.3) is 10.2 Å². The lowest BCUT2D eigenvalue weighted by atomic mass is 10.4. The summed E-state index contributed by atoms with van der Waals surface area (Å²) in [6.45, 7) is 4.36. The molecule has 2 fully saturated rings. The van der Waals surface area contributed by atoms with Crippen molar-refractivity contribution in [2.24, 2.45) is 0 Å². The normalized spacial score (nSPS) is 26.7. The summed E-state index contributed by atoms with van der Waals surface area (Å²) in [4.78, 5) is 0. The maximum atomic E-state index is 12.2. The number of hydrogen-bond donors (Lipinski definition) is 1. The van der Waals surface area contributed by atoms with Gasteiger partial charge in [0.1, 0.15) is 0 Å². The number of hydrogen-bond acceptors (Lipinski definition) is 3. The molecule has 88 valence electrons. The Morgan fingerprint density at radius 1 is 0.800 bits per heavy atom. The second-order valence-electron chi connectivity index (χ2n) is 4.12. The van der Waals surface area contributed by atoms with Gasteiger partial charge in [0.05, 0.1) is 0 Å². The molecule has 0 unspecified atom stereocenters. The van der Waals surface area contributed by atoms with Crippen LogP contribution in [0.4, 0.5) is 0 Å². The van der Waals surface area contributed by atoms with Crippen molar-refractivity contribution >= 4 is 10.2 Å². The van der Waals surface area contributed by atoms with Gasteiger partial charge < -0.3 is 5.32 Å². The Bertz CT molecular complexity index is 290. The van der Waals surface area contributed by atoms with Gasteiger partial charge in [0, 0.05) is 32.7 Å². The Kier molecular flexibility index (Phi) is 3.60. The molecule has 1 N–H and O–H groups in total. The lowest BCUT2D eigenvalue weighted by molar-refractivity contribution is 0.372. The third-order valence-corrected chi connectivity index (χ3v) is 5.05. The van der Waals surface area contributed by atoms with Gasteiger partial charge in [-0.2, -0.15) is 17.0 Å².